The number of rotatable bonds is 8. The lowest BCUT2D eigenvalue weighted by molar-refractivity contribution is 0.0787. The molecule has 0 saturated heterocycles. The molecule has 2 heterocycles. The highest BCUT2D eigenvalue weighted by atomic mass is 35.5. The summed E-state index contributed by atoms with van der Waals surface area (Å²) in [4.78, 5) is 4.52. The number of pyridine rings is 1. The Labute approximate surface area is 196 Å². The summed E-state index contributed by atoms with van der Waals surface area (Å²) in [6.07, 6.45) is 4.32. The van der Waals surface area contributed by atoms with Gasteiger partial charge in [-0.3, -0.25) is 0 Å². The van der Waals surface area contributed by atoms with Crippen molar-refractivity contribution in [3.05, 3.63) is 58.5 Å². The molecule has 0 N–H and O–H groups in total. The molecule has 1 aromatic carbocycles. The lowest BCUT2D eigenvalue weighted by atomic mass is 9.94. The molecule has 0 spiro atoms. The summed E-state index contributed by atoms with van der Waals surface area (Å²) in [6, 6.07) is 13.1. The molecule has 7 heteroatoms. The second kappa shape index (κ2) is 9.19. The highest BCUT2D eigenvalue weighted by Crippen LogP contribution is 2.42. The Morgan fingerprint density at radius 3 is 2.66 bits per heavy atom. The monoisotopic (exact) mass is 464 g/mol. The van der Waals surface area contributed by atoms with Gasteiger partial charge in [0, 0.05) is 38.1 Å². The molecule has 0 aliphatic heterocycles. The number of hydrogen-bond donors (Lipinski definition) is 0. The molecule has 3 aromatic rings. The van der Waals surface area contributed by atoms with Crippen molar-refractivity contribution in [2.45, 2.75) is 58.1 Å². The Morgan fingerprint density at radius 2 is 1.97 bits per heavy atom. The van der Waals surface area contributed by atoms with Gasteiger partial charge in [-0.15, -0.1) is 0 Å². The molecule has 4 rings (SSSR count). The maximum atomic E-state index is 9.50. The molecule has 166 valence electrons. The highest BCUT2D eigenvalue weighted by Gasteiger charge is 2.26. The Balaban J connectivity index is 1.67. The number of nitriles is 1. The average molecular weight is 465 g/mol. The molecule has 1 saturated carbocycles. The van der Waals surface area contributed by atoms with Gasteiger partial charge < -0.3 is 4.74 Å². The van der Waals surface area contributed by atoms with E-state index in [4.69, 9.17) is 21.4 Å². The summed E-state index contributed by atoms with van der Waals surface area (Å²) in [5.74, 6) is 0.503. The first-order chi connectivity index (χ1) is 15.2. The number of aryl methyl sites for hydroxylation is 1. The Bertz CT molecular complexity index is 1170. The molecule has 1 aliphatic rings. The van der Waals surface area contributed by atoms with Crippen LogP contribution >= 0.6 is 11.6 Å². The molecule has 0 atom stereocenters. The van der Waals surface area contributed by atoms with Crippen LogP contribution in [-0.4, -0.2) is 29.4 Å². The van der Waals surface area contributed by atoms with Crippen molar-refractivity contribution in [2.24, 2.45) is 0 Å². The van der Waals surface area contributed by atoms with Gasteiger partial charge in [-0.1, -0.05) is 37.3 Å². The van der Waals surface area contributed by atoms with E-state index in [0.29, 0.717) is 23.4 Å². The Hall–Kier alpha value is -2.46. The van der Waals surface area contributed by atoms with Crippen LogP contribution in [0.25, 0.3) is 22.4 Å². The van der Waals surface area contributed by atoms with E-state index in [1.165, 1.54) is 0 Å². The van der Waals surface area contributed by atoms with E-state index in [1.807, 2.05) is 42.1 Å². The molecule has 32 heavy (non-hydrogen) atoms. The molecule has 0 amide bonds. The zero-order valence-corrected chi connectivity index (χ0v) is 20.9. The molecule has 2 aromatic heterocycles. The number of halogens is 1. The van der Waals surface area contributed by atoms with Crippen LogP contribution in [0.2, 0.25) is 30.8 Å². The van der Waals surface area contributed by atoms with E-state index in [-0.39, 0.29) is 0 Å². The van der Waals surface area contributed by atoms with Crippen molar-refractivity contribution in [2.75, 3.05) is 6.61 Å². The largest absolute Gasteiger partial charge is 0.360 e. The fourth-order valence-corrected chi connectivity index (χ4v) is 4.68. The maximum absolute atomic E-state index is 9.50. The predicted molar refractivity (Wildman–Crippen MR) is 131 cm³/mol. The molecule has 0 unspecified atom stereocenters. The average Bonchev–Trinajstić information content (AvgIpc) is 3.52. The van der Waals surface area contributed by atoms with E-state index in [0.717, 1.165) is 59.1 Å². The van der Waals surface area contributed by atoms with Gasteiger partial charge in [-0.25, -0.2) is 9.67 Å². The van der Waals surface area contributed by atoms with Crippen molar-refractivity contribution in [1.29, 1.82) is 5.26 Å². The SMILES string of the molecule is Cc1cn(COCC[Si](C)(C)C)nc1-c1cc(C#N)ccc1-c1cc(Cl)nc(C2CC2)c1. The van der Waals surface area contributed by atoms with Gasteiger partial charge in [0.25, 0.3) is 0 Å². The van der Waals surface area contributed by atoms with E-state index in [1.54, 1.807) is 0 Å². The smallest absolute Gasteiger partial charge is 0.139 e. The van der Waals surface area contributed by atoms with E-state index < -0.39 is 8.07 Å². The van der Waals surface area contributed by atoms with E-state index in [2.05, 4.69) is 36.8 Å². The van der Waals surface area contributed by atoms with Crippen LogP contribution in [0.1, 0.15) is 35.6 Å². The van der Waals surface area contributed by atoms with Crippen molar-refractivity contribution < 1.29 is 4.74 Å². The third-order valence-electron chi connectivity index (χ3n) is 5.69. The van der Waals surface area contributed by atoms with Crippen molar-refractivity contribution >= 4 is 19.7 Å². The summed E-state index contributed by atoms with van der Waals surface area (Å²) in [5, 5.41) is 14.8. The number of ether oxygens (including phenoxy) is 1. The van der Waals surface area contributed by atoms with Crippen LogP contribution in [0.5, 0.6) is 0 Å². The zero-order chi connectivity index (χ0) is 22.9. The fourth-order valence-electron chi connectivity index (χ4n) is 3.71. The third-order valence-corrected chi connectivity index (χ3v) is 7.59. The van der Waals surface area contributed by atoms with Gasteiger partial charge in [0.05, 0.1) is 17.3 Å². The lowest BCUT2D eigenvalue weighted by Gasteiger charge is -2.15. The van der Waals surface area contributed by atoms with Gasteiger partial charge in [-0.2, -0.15) is 10.4 Å². The molecule has 0 radical (unpaired) electrons. The normalized spacial score (nSPS) is 13.9. The summed E-state index contributed by atoms with van der Waals surface area (Å²) in [6.45, 7) is 10.2. The molecule has 0 bridgehead atoms. The fraction of sp³-hybridized carbons (Fsp3) is 0.400. The van der Waals surface area contributed by atoms with Crippen molar-refractivity contribution in [3.8, 4) is 28.5 Å². The minimum Gasteiger partial charge on any atom is -0.360 e. The van der Waals surface area contributed by atoms with Gasteiger partial charge in [0.15, 0.2) is 0 Å². The van der Waals surface area contributed by atoms with Crippen LogP contribution < -0.4 is 0 Å². The lowest BCUT2D eigenvalue weighted by Crippen LogP contribution is -2.22. The van der Waals surface area contributed by atoms with Gasteiger partial charge in [-0.05, 0) is 66.8 Å². The van der Waals surface area contributed by atoms with Crippen LogP contribution in [0, 0.1) is 18.3 Å². The minimum absolute atomic E-state index is 0.422. The van der Waals surface area contributed by atoms with Gasteiger partial charge >= 0.3 is 0 Å². The zero-order valence-electron chi connectivity index (χ0n) is 19.2. The second-order valence-electron chi connectivity index (χ2n) is 9.80. The number of hydrogen-bond acceptors (Lipinski definition) is 4. The van der Waals surface area contributed by atoms with Crippen molar-refractivity contribution in [1.82, 2.24) is 14.8 Å². The Morgan fingerprint density at radius 1 is 1.19 bits per heavy atom. The Kier molecular flexibility index (Phi) is 6.52. The maximum Gasteiger partial charge on any atom is 0.139 e. The van der Waals surface area contributed by atoms with E-state index in [9.17, 15) is 5.26 Å². The number of benzene rings is 1. The van der Waals surface area contributed by atoms with E-state index >= 15 is 0 Å². The summed E-state index contributed by atoms with van der Waals surface area (Å²) < 4.78 is 7.72. The first kappa shape index (κ1) is 22.7. The predicted octanol–water partition coefficient (Wildman–Crippen LogP) is 6.64. The van der Waals surface area contributed by atoms with Gasteiger partial charge in [0.2, 0.25) is 0 Å². The van der Waals surface area contributed by atoms with Crippen LogP contribution in [0.15, 0.2) is 36.5 Å². The molecular formula is C25H29ClN4OSi. The van der Waals surface area contributed by atoms with Crippen LogP contribution in [-0.2, 0) is 11.5 Å². The van der Waals surface area contributed by atoms with Crippen LogP contribution in [0.3, 0.4) is 0 Å². The van der Waals surface area contributed by atoms with Gasteiger partial charge in [0.1, 0.15) is 11.9 Å². The standard InChI is InChI=1S/C25H29ClN4OSi/c1-17-15-30(16-31-9-10-32(2,3)4)29-25(17)22-11-18(14-27)5-8-21(22)20-12-23(19-6-7-19)28-24(26)13-20/h5,8,11-13,15,19H,6-7,9-10,16H2,1-4H3. The minimum atomic E-state index is -1.12. The summed E-state index contributed by atoms with van der Waals surface area (Å²) in [7, 11) is -1.12. The topological polar surface area (TPSA) is 63.7 Å². The summed E-state index contributed by atoms with van der Waals surface area (Å²) >= 11 is 6.37. The van der Waals surface area contributed by atoms with Crippen LogP contribution in [0.4, 0.5) is 0 Å². The third kappa shape index (κ3) is 5.47. The quantitative estimate of drug-likeness (QED) is 0.213. The molecule has 1 fully saturated rings. The second-order valence-corrected chi connectivity index (χ2v) is 15.8. The number of aromatic nitrogens is 3. The highest BCUT2D eigenvalue weighted by molar-refractivity contribution is 6.76. The first-order valence-electron chi connectivity index (χ1n) is 11.1. The van der Waals surface area contributed by atoms with Crippen molar-refractivity contribution in [3.63, 3.8) is 0 Å². The number of nitrogens with zero attached hydrogens (tertiary/aromatic N) is 4. The molecule has 1 aliphatic carbocycles. The molecular weight excluding hydrogens is 436 g/mol. The summed E-state index contributed by atoms with van der Waals surface area (Å²) in [5.41, 5.74) is 6.47. The molecule has 5 nitrogen and oxygen atoms in total. The first-order valence-corrected chi connectivity index (χ1v) is 15.2.